The monoisotopic (exact) mass is 368 g/mol. The maximum Gasteiger partial charge on any atom is 0.269 e. The average molecular weight is 368 g/mol. The van der Waals surface area contributed by atoms with Crippen LogP contribution in [0.1, 0.15) is 66.8 Å². The average Bonchev–Trinajstić information content (AvgIpc) is 2.66. The lowest BCUT2D eigenvalue weighted by Gasteiger charge is -2.19. The van der Waals surface area contributed by atoms with Gasteiger partial charge in [0.05, 0.1) is 6.61 Å². The van der Waals surface area contributed by atoms with Gasteiger partial charge in [0.1, 0.15) is 5.75 Å². The molecular weight excluding hydrogens is 340 g/mol. The number of ether oxygens (including phenoxy) is 1. The molecule has 0 unspecified atom stereocenters. The minimum atomic E-state index is -0.380. The summed E-state index contributed by atoms with van der Waals surface area (Å²) in [4.78, 5) is 24.4. The number of carbonyl (C=O) groups excluding carboxylic acids is 2. The Kier molecular flexibility index (Phi) is 6.99. The van der Waals surface area contributed by atoms with Crippen molar-refractivity contribution in [1.29, 1.82) is 0 Å². The van der Waals surface area contributed by atoms with Crippen LogP contribution in [-0.2, 0) is 5.41 Å². The summed E-state index contributed by atoms with van der Waals surface area (Å²) in [6.45, 7) is 9.10. The highest BCUT2D eigenvalue weighted by Gasteiger charge is 2.14. The zero-order chi connectivity index (χ0) is 19.9. The first-order chi connectivity index (χ1) is 12.8. The van der Waals surface area contributed by atoms with Gasteiger partial charge in [0, 0.05) is 11.1 Å². The Balaban J connectivity index is 1.88. The Morgan fingerprint density at radius 1 is 0.852 bits per heavy atom. The van der Waals surface area contributed by atoms with Crippen LogP contribution in [0.15, 0.2) is 48.5 Å². The second-order valence-electron chi connectivity index (χ2n) is 7.46. The molecule has 2 amide bonds. The van der Waals surface area contributed by atoms with Crippen LogP contribution in [-0.4, -0.2) is 18.4 Å². The number of hydrazine groups is 1. The summed E-state index contributed by atoms with van der Waals surface area (Å²) in [7, 11) is 0. The van der Waals surface area contributed by atoms with E-state index < -0.39 is 0 Å². The Hall–Kier alpha value is -2.82. The summed E-state index contributed by atoms with van der Waals surface area (Å²) in [6, 6.07) is 14.2. The quantitative estimate of drug-likeness (QED) is 0.592. The molecule has 0 aromatic heterocycles. The van der Waals surface area contributed by atoms with Gasteiger partial charge < -0.3 is 4.74 Å². The maximum atomic E-state index is 12.2. The topological polar surface area (TPSA) is 67.4 Å². The highest BCUT2D eigenvalue weighted by molar-refractivity contribution is 5.99. The Bertz CT molecular complexity index is 760. The van der Waals surface area contributed by atoms with Crippen molar-refractivity contribution in [2.24, 2.45) is 0 Å². The molecule has 2 N–H and O–H groups in total. The molecule has 27 heavy (non-hydrogen) atoms. The minimum Gasteiger partial charge on any atom is -0.494 e. The van der Waals surface area contributed by atoms with Crippen LogP contribution >= 0.6 is 0 Å². The van der Waals surface area contributed by atoms with Crippen molar-refractivity contribution in [1.82, 2.24) is 10.9 Å². The van der Waals surface area contributed by atoms with Crippen molar-refractivity contribution in [2.75, 3.05) is 6.61 Å². The highest BCUT2D eigenvalue weighted by Crippen LogP contribution is 2.22. The zero-order valence-corrected chi connectivity index (χ0v) is 16.5. The largest absolute Gasteiger partial charge is 0.494 e. The molecule has 5 heteroatoms. The molecule has 0 atom stereocenters. The molecular formula is C22H28N2O3. The number of nitrogens with one attached hydrogen (secondary N) is 2. The third kappa shape index (κ3) is 6.13. The van der Waals surface area contributed by atoms with Crippen LogP contribution in [0.4, 0.5) is 0 Å². The van der Waals surface area contributed by atoms with Crippen LogP contribution in [0.25, 0.3) is 0 Å². The molecule has 0 fully saturated rings. The van der Waals surface area contributed by atoms with Gasteiger partial charge in [-0.25, -0.2) is 0 Å². The van der Waals surface area contributed by atoms with Gasteiger partial charge >= 0.3 is 0 Å². The molecule has 144 valence electrons. The van der Waals surface area contributed by atoms with E-state index in [4.69, 9.17) is 4.74 Å². The number of benzene rings is 2. The fourth-order valence-corrected chi connectivity index (χ4v) is 2.42. The van der Waals surface area contributed by atoms with E-state index in [1.54, 1.807) is 36.4 Å². The van der Waals surface area contributed by atoms with Crippen molar-refractivity contribution in [3.8, 4) is 5.75 Å². The number of rotatable bonds is 6. The van der Waals surface area contributed by atoms with E-state index >= 15 is 0 Å². The molecule has 2 aromatic rings. The summed E-state index contributed by atoms with van der Waals surface area (Å²) in [6.07, 6.45) is 2.06. The number of hydrogen-bond donors (Lipinski definition) is 2. The van der Waals surface area contributed by atoms with Crippen molar-refractivity contribution in [3.05, 3.63) is 65.2 Å². The van der Waals surface area contributed by atoms with Gasteiger partial charge in [-0.05, 0) is 53.8 Å². The van der Waals surface area contributed by atoms with Crippen molar-refractivity contribution >= 4 is 11.8 Å². The summed E-state index contributed by atoms with van der Waals surface area (Å²) in [5, 5.41) is 0. The molecule has 0 radical (unpaired) electrons. The Labute approximate surface area is 161 Å². The molecule has 0 spiro atoms. The summed E-state index contributed by atoms with van der Waals surface area (Å²) in [5.74, 6) is -0.0129. The van der Waals surface area contributed by atoms with Crippen molar-refractivity contribution in [3.63, 3.8) is 0 Å². The fourth-order valence-electron chi connectivity index (χ4n) is 2.42. The second kappa shape index (κ2) is 9.21. The van der Waals surface area contributed by atoms with Crippen molar-refractivity contribution in [2.45, 2.75) is 46.0 Å². The molecule has 0 heterocycles. The van der Waals surface area contributed by atoms with Gasteiger partial charge in [-0.15, -0.1) is 0 Å². The van der Waals surface area contributed by atoms with Gasteiger partial charge in [0.2, 0.25) is 0 Å². The molecule has 2 aromatic carbocycles. The van der Waals surface area contributed by atoms with Gasteiger partial charge in [-0.3, -0.25) is 20.4 Å². The van der Waals surface area contributed by atoms with Gasteiger partial charge in [0.25, 0.3) is 11.8 Å². The summed E-state index contributed by atoms with van der Waals surface area (Å²) < 4.78 is 5.57. The molecule has 0 saturated carbocycles. The zero-order valence-electron chi connectivity index (χ0n) is 16.5. The first-order valence-electron chi connectivity index (χ1n) is 9.25. The van der Waals surface area contributed by atoms with E-state index in [0.717, 1.165) is 24.2 Å². The minimum absolute atomic E-state index is 0.0235. The molecule has 5 nitrogen and oxygen atoms in total. The molecule has 0 bridgehead atoms. The third-order valence-electron chi connectivity index (χ3n) is 4.19. The van der Waals surface area contributed by atoms with Crippen molar-refractivity contribution < 1.29 is 14.3 Å². The van der Waals surface area contributed by atoms with E-state index in [1.165, 1.54) is 0 Å². The second-order valence-corrected chi connectivity index (χ2v) is 7.46. The Morgan fingerprint density at radius 2 is 1.33 bits per heavy atom. The van der Waals surface area contributed by atoms with Gasteiger partial charge in [-0.1, -0.05) is 46.2 Å². The lowest BCUT2D eigenvalue weighted by molar-refractivity contribution is 0.0846. The van der Waals surface area contributed by atoms with Gasteiger partial charge in [-0.2, -0.15) is 0 Å². The van der Waals surface area contributed by atoms with E-state index in [9.17, 15) is 9.59 Å². The number of hydrogen-bond acceptors (Lipinski definition) is 3. The van der Waals surface area contributed by atoms with Crippen LogP contribution in [0.2, 0.25) is 0 Å². The molecule has 2 rings (SSSR count). The van der Waals surface area contributed by atoms with E-state index in [0.29, 0.717) is 17.7 Å². The SMILES string of the molecule is CCCCOc1ccc(C(=O)NNC(=O)c2ccc(C(C)(C)C)cc2)cc1. The summed E-state index contributed by atoms with van der Waals surface area (Å²) in [5.41, 5.74) is 6.98. The van der Waals surface area contributed by atoms with Crippen LogP contribution in [0, 0.1) is 0 Å². The van der Waals surface area contributed by atoms with Crippen LogP contribution in [0.5, 0.6) is 5.75 Å². The lowest BCUT2D eigenvalue weighted by Crippen LogP contribution is -2.41. The van der Waals surface area contributed by atoms with E-state index in [1.807, 2.05) is 12.1 Å². The van der Waals surface area contributed by atoms with E-state index in [-0.39, 0.29) is 17.2 Å². The number of amides is 2. The first-order valence-corrected chi connectivity index (χ1v) is 9.25. The van der Waals surface area contributed by atoms with Crippen LogP contribution < -0.4 is 15.6 Å². The first kappa shape index (κ1) is 20.5. The van der Waals surface area contributed by atoms with Gasteiger partial charge in [0.15, 0.2) is 0 Å². The molecule has 0 aliphatic carbocycles. The Morgan fingerprint density at radius 3 is 1.78 bits per heavy atom. The highest BCUT2D eigenvalue weighted by atomic mass is 16.5. The predicted molar refractivity (Wildman–Crippen MR) is 107 cm³/mol. The normalized spacial score (nSPS) is 11.0. The smallest absolute Gasteiger partial charge is 0.269 e. The van der Waals surface area contributed by atoms with Crippen LogP contribution in [0.3, 0.4) is 0 Å². The number of unbranched alkanes of at least 4 members (excludes halogenated alkanes) is 1. The van der Waals surface area contributed by atoms with E-state index in [2.05, 4.69) is 38.5 Å². The lowest BCUT2D eigenvalue weighted by atomic mass is 9.87. The third-order valence-corrected chi connectivity index (χ3v) is 4.19. The molecule has 0 aliphatic rings. The fraction of sp³-hybridized carbons (Fsp3) is 0.364. The maximum absolute atomic E-state index is 12.2. The number of carbonyl (C=O) groups is 2. The predicted octanol–water partition coefficient (Wildman–Crippen LogP) is 4.24. The summed E-state index contributed by atoms with van der Waals surface area (Å²) >= 11 is 0. The molecule has 0 saturated heterocycles. The molecule has 0 aliphatic heterocycles. The standard InChI is InChI=1S/C22H28N2O3/c1-5-6-15-27-19-13-9-17(10-14-19)21(26)24-23-20(25)16-7-11-18(12-8-16)22(2,3)4/h7-14H,5-6,15H2,1-4H3,(H,23,25)(H,24,26).